The van der Waals surface area contributed by atoms with Crippen LogP contribution in [-0.2, 0) is 30.4 Å². The van der Waals surface area contributed by atoms with Crippen LogP contribution in [0.15, 0.2) is 85.1 Å². The lowest BCUT2D eigenvalue weighted by Crippen LogP contribution is -2.58. The molecule has 2 saturated heterocycles. The molecule has 0 bridgehead atoms. The molecule has 2 aliphatic rings. The van der Waals surface area contributed by atoms with Gasteiger partial charge in [0.25, 0.3) is 11.8 Å². The van der Waals surface area contributed by atoms with Crippen molar-refractivity contribution in [2.45, 2.75) is 76.0 Å². The second-order valence-electron chi connectivity index (χ2n) is 14.6. The molecule has 16 heteroatoms. The summed E-state index contributed by atoms with van der Waals surface area (Å²) in [5.41, 5.74) is 9.54. The number of pyridine rings is 1. The maximum absolute atomic E-state index is 15.0. The molecule has 2 aliphatic heterocycles. The summed E-state index contributed by atoms with van der Waals surface area (Å²) in [6, 6.07) is 18.5. The molecular weight excluding hydrogens is 743 g/mol. The highest BCUT2D eigenvalue weighted by Crippen LogP contribution is 2.33. The van der Waals surface area contributed by atoms with Crippen molar-refractivity contribution < 1.29 is 33.9 Å². The molecule has 3 heterocycles. The number of rotatable bonds is 15. The molecule has 16 nitrogen and oxygen atoms in total. The molecular formula is C42H49N9O7. The van der Waals surface area contributed by atoms with Crippen molar-refractivity contribution >= 4 is 57.7 Å². The van der Waals surface area contributed by atoms with E-state index in [-0.39, 0.29) is 44.0 Å². The van der Waals surface area contributed by atoms with Gasteiger partial charge in [0.15, 0.2) is 0 Å². The zero-order valence-electron chi connectivity index (χ0n) is 32.3. The number of nitrogens with zero attached hydrogens (tertiary/aromatic N) is 4. The Hall–Kier alpha value is -6.55. The Kier molecular flexibility index (Phi) is 13.2. The quantitative estimate of drug-likeness (QED) is 0.0585. The maximum atomic E-state index is 15.0. The van der Waals surface area contributed by atoms with Gasteiger partial charge in [-0.2, -0.15) is 0 Å². The molecule has 6 rings (SSSR count). The zero-order valence-corrected chi connectivity index (χ0v) is 32.3. The summed E-state index contributed by atoms with van der Waals surface area (Å²) in [6.45, 7) is 2.37. The number of anilines is 2. The molecule has 3 aromatic carbocycles. The number of benzene rings is 3. The van der Waals surface area contributed by atoms with Crippen LogP contribution < -0.4 is 32.5 Å². The molecule has 1 aromatic heterocycles. The monoisotopic (exact) mass is 791 g/mol. The van der Waals surface area contributed by atoms with Gasteiger partial charge in [0, 0.05) is 44.1 Å². The van der Waals surface area contributed by atoms with Crippen molar-refractivity contribution in [3.05, 3.63) is 96.2 Å². The Morgan fingerprint density at radius 2 is 1.57 bits per heavy atom. The number of hydrazine groups is 1. The third-order valence-electron chi connectivity index (χ3n) is 10.7. The number of amides is 6. The Balaban J connectivity index is 1.22. The molecule has 0 spiro atoms. The number of carbonyl (C=O) groups excluding carboxylic acids is 6. The lowest BCUT2D eigenvalue weighted by atomic mass is 10.0. The third-order valence-corrected chi connectivity index (χ3v) is 10.7. The van der Waals surface area contributed by atoms with E-state index in [9.17, 15) is 33.9 Å². The lowest BCUT2D eigenvalue weighted by Gasteiger charge is -2.37. The number of fused-ring (bicyclic) bond motifs is 1. The van der Waals surface area contributed by atoms with Crippen molar-refractivity contribution in [2.24, 2.45) is 11.6 Å². The van der Waals surface area contributed by atoms with Crippen LogP contribution in [-0.4, -0.2) is 99.1 Å². The summed E-state index contributed by atoms with van der Waals surface area (Å²) in [4.78, 5) is 90.4. The number of nitrogens with two attached hydrogens (primary N) is 2. The molecule has 0 radical (unpaired) electrons. The number of hydrogen-bond donors (Lipinski definition) is 6. The fourth-order valence-corrected chi connectivity index (χ4v) is 7.76. The van der Waals surface area contributed by atoms with Crippen molar-refractivity contribution in [2.75, 3.05) is 30.0 Å². The largest absolute Gasteiger partial charge is 0.508 e. The van der Waals surface area contributed by atoms with E-state index in [1.807, 2.05) is 30.3 Å². The number of carbonyl (C=O) groups is 6. The molecule has 304 valence electrons. The van der Waals surface area contributed by atoms with E-state index in [1.54, 1.807) is 43.3 Å². The van der Waals surface area contributed by atoms with Crippen LogP contribution in [0.1, 0.15) is 61.4 Å². The van der Waals surface area contributed by atoms with Gasteiger partial charge in [-0.1, -0.05) is 48.5 Å². The number of phenolic OH excluding ortho intramolecular Hbond substituents is 1. The van der Waals surface area contributed by atoms with Crippen molar-refractivity contribution in [3.63, 3.8) is 0 Å². The van der Waals surface area contributed by atoms with E-state index in [0.29, 0.717) is 54.9 Å². The highest BCUT2D eigenvalue weighted by molar-refractivity contribution is 6.10. The number of aromatic hydroxyl groups is 1. The molecule has 2 fully saturated rings. The molecule has 4 atom stereocenters. The van der Waals surface area contributed by atoms with Crippen LogP contribution in [0.2, 0.25) is 0 Å². The first-order valence-electron chi connectivity index (χ1n) is 19.5. The predicted octanol–water partition coefficient (Wildman–Crippen LogP) is 2.35. The molecule has 0 unspecified atom stereocenters. The number of nitrogens with one attached hydrogen (secondary N) is 3. The fraction of sp³-hybridized carbons (Fsp3) is 0.357. The Bertz CT molecular complexity index is 2140. The molecule has 0 saturated carbocycles. The summed E-state index contributed by atoms with van der Waals surface area (Å²) < 4.78 is 0. The first-order valence-corrected chi connectivity index (χ1v) is 19.5. The van der Waals surface area contributed by atoms with Crippen molar-refractivity contribution in [3.8, 4) is 5.75 Å². The third kappa shape index (κ3) is 9.35. The van der Waals surface area contributed by atoms with Gasteiger partial charge < -0.3 is 36.7 Å². The number of likely N-dealkylation sites (tertiary alicyclic amines) is 2. The summed E-state index contributed by atoms with van der Waals surface area (Å²) in [7, 11) is 0. The highest BCUT2D eigenvalue weighted by Gasteiger charge is 2.44. The van der Waals surface area contributed by atoms with E-state index in [4.69, 9.17) is 11.6 Å². The average Bonchev–Trinajstić information content (AvgIpc) is 3.94. The van der Waals surface area contributed by atoms with E-state index in [0.717, 1.165) is 10.8 Å². The number of hydrogen-bond acceptors (Lipinski definition) is 10. The first kappa shape index (κ1) is 41.1. The average molecular weight is 792 g/mol. The Labute approximate surface area is 335 Å². The van der Waals surface area contributed by atoms with Gasteiger partial charge in [-0.3, -0.25) is 33.7 Å². The number of nitrogen functional groups attached to an aromatic ring is 1. The minimum atomic E-state index is -1.08. The van der Waals surface area contributed by atoms with Gasteiger partial charge in [-0.25, -0.2) is 10.8 Å². The molecule has 58 heavy (non-hydrogen) atoms. The SMILES string of the molecule is C[C@@H](C(=O)N1CCC[C@H]1C(N)=O)N(C(=O)[C@@H]1CCCN1C(=O)[C@H](Cc1ccc(O)cc1)NC(=O)CCCNC(=O)c1ccc(NN)nc1)c1cccc2ccccc12. The van der Waals surface area contributed by atoms with Gasteiger partial charge in [-0.05, 0) is 80.3 Å². The van der Waals surface area contributed by atoms with Crippen molar-refractivity contribution in [1.29, 1.82) is 0 Å². The first-order chi connectivity index (χ1) is 28.0. The smallest absolute Gasteiger partial charge is 0.252 e. The van der Waals surface area contributed by atoms with Crippen LogP contribution in [0.3, 0.4) is 0 Å². The van der Waals surface area contributed by atoms with Gasteiger partial charge in [-0.15, -0.1) is 0 Å². The summed E-state index contributed by atoms with van der Waals surface area (Å²) in [6.07, 6.45) is 3.58. The van der Waals surface area contributed by atoms with Gasteiger partial charge >= 0.3 is 0 Å². The number of phenols is 1. The zero-order chi connectivity index (χ0) is 41.3. The van der Waals surface area contributed by atoms with Gasteiger partial charge in [0.05, 0.1) is 11.3 Å². The van der Waals surface area contributed by atoms with E-state index in [1.165, 1.54) is 33.0 Å². The summed E-state index contributed by atoms with van der Waals surface area (Å²) in [5.74, 6) is 3.00. The van der Waals surface area contributed by atoms with E-state index < -0.39 is 53.7 Å². The van der Waals surface area contributed by atoms with Gasteiger partial charge in [0.2, 0.25) is 23.6 Å². The normalized spacial score (nSPS) is 17.3. The summed E-state index contributed by atoms with van der Waals surface area (Å²) >= 11 is 0. The Morgan fingerprint density at radius 3 is 2.26 bits per heavy atom. The number of aromatic nitrogens is 1. The van der Waals surface area contributed by atoms with Gasteiger partial charge in [0.1, 0.15) is 35.7 Å². The lowest BCUT2D eigenvalue weighted by molar-refractivity contribution is -0.142. The second kappa shape index (κ2) is 18.6. The summed E-state index contributed by atoms with van der Waals surface area (Å²) in [5, 5.41) is 17.1. The van der Waals surface area contributed by atoms with Crippen LogP contribution in [0.4, 0.5) is 11.5 Å². The van der Waals surface area contributed by atoms with Crippen molar-refractivity contribution in [1.82, 2.24) is 25.4 Å². The molecule has 8 N–H and O–H groups in total. The van der Waals surface area contributed by atoms with E-state index in [2.05, 4.69) is 21.0 Å². The fourth-order valence-electron chi connectivity index (χ4n) is 7.76. The van der Waals surface area contributed by atoms with Crippen LogP contribution >= 0.6 is 0 Å². The standard InChI is InChI=1S/C42H49N9O7/c1-26(40(56)49-22-6-12-34(49)38(43)54)51(33-11-4-9-28-8-2-3-10-31(28)33)42(58)35-13-7-23-50(35)41(57)32(24-27-15-18-30(52)19-16-27)47-37(53)14-5-21-45-39(55)29-17-20-36(48-44)46-25-29/h2-4,8-11,15-20,25-26,32,34-35,52H,5-7,12-14,21-24,44H2,1H3,(H2,43,54)(H,45,55)(H,46,48)(H,47,53)/t26-,32-,34-,35-/m0/s1. The van der Waals surface area contributed by atoms with Crippen LogP contribution in [0.5, 0.6) is 5.75 Å². The minimum absolute atomic E-state index is 0.00639. The molecule has 6 amide bonds. The second-order valence-corrected chi connectivity index (χ2v) is 14.6. The van der Waals surface area contributed by atoms with Crippen LogP contribution in [0.25, 0.3) is 10.8 Å². The molecule has 0 aliphatic carbocycles. The predicted molar refractivity (Wildman–Crippen MR) is 217 cm³/mol. The topological polar surface area (TPSA) is 233 Å². The highest BCUT2D eigenvalue weighted by atomic mass is 16.3. The van der Waals surface area contributed by atoms with E-state index >= 15 is 0 Å². The Morgan fingerprint density at radius 1 is 0.879 bits per heavy atom. The number of primary amides is 1. The molecule has 4 aromatic rings. The van der Waals surface area contributed by atoms with Crippen LogP contribution in [0, 0.1) is 0 Å². The minimum Gasteiger partial charge on any atom is -0.508 e. The maximum Gasteiger partial charge on any atom is 0.252 e.